The molecular formula is C13H12N4O. The number of carbonyl (C=O) groups is 1. The Morgan fingerprint density at radius 3 is 3.06 bits per heavy atom. The molecule has 0 aliphatic heterocycles. The molecule has 0 spiro atoms. The predicted octanol–water partition coefficient (Wildman–Crippen LogP) is 1.55. The summed E-state index contributed by atoms with van der Waals surface area (Å²) in [5, 5.41) is 8.77. The van der Waals surface area contributed by atoms with Gasteiger partial charge in [0.1, 0.15) is 6.07 Å². The van der Waals surface area contributed by atoms with E-state index < -0.39 is 0 Å². The number of aromatic amines is 1. The van der Waals surface area contributed by atoms with Crippen LogP contribution in [-0.4, -0.2) is 27.8 Å². The minimum Gasteiger partial charge on any atom is -0.364 e. The molecule has 0 atom stereocenters. The molecule has 0 fully saturated rings. The fourth-order valence-corrected chi connectivity index (χ4v) is 1.63. The third-order valence-corrected chi connectivity index (χ3v) is 2.53. The van der Waals surface area contributed by atoms with E-state index in [4.69, 9.17) is 5.26 Å². The van der Waals surface area contributed by atoms with Crippen molar-refractivity contribution in [2.45, 2.75) is 6.54 Å². The van der Waals surface area contributed by atoms with E-state index in [1.54, 1.807) is 18.0 Å². The first-order valence-electron chi connectivity index (χ1n) is 5.43. The van der Waals surface area contributed by atoms with Crippen molar-refractivity contribution in [3.63, 3.8) is 0 Å². The van der Waals surface area contributed by atoms with E-state index in [0.717, 1.165) is 5.69 Å². The maximum Gasteiger partial charge on any atom is 0.255 e. The molecule has 0 saturated carbocycles. The van der Waals surface area contributed by atoms with Gasteiger partial charge in [-0.25, -0.2) is 0 Å². The monoisotopic (exact) mass is 240 g/mol. The first kappa shape index (κ1) is 11.9. The average molecular weight is 240 g/mol. The number of nitrogens with one attached hydrogen (secondary N) is 1. The highest BCUT2D eigenvalue weighted by molar-refractivity contribution is 5.94. The minimum absolute atomic E-state index is 0.158. The van der Waals surface area contributed by atoms with Gasteiger partial charge in [0, 0.05) is 31.3 Å². The Morgan fingerprint density at radius 1 is 1.56 bits per heavy atom. The van der Waals surface area contributed by atoms with Gasteiger partial charge in [0.05, 0.1) is 17.7 Å². The van der Waals surface area contributed by atoms with E-state index in [1.165, 1.54) is 12.4 Å². The van der Waals surface area contributed by atoms with Crippen LogP contribution in [0.15, 0.2) is 36.8 Å². The summed E-state index contributed by atoms with van der Waals surface area (Å²) in [7, 11) is 1.71. The van der Waals surface area contributed by atoms with Gasteiger partial charge < -0.3 is 9.88 Å². The van der Waals surface area contributed by atoms with Crippen molar-refractivity contribution in [2.24, 2.45) is 0 Å². The highest BCUT2D eigenvalue weighted by Crippen LogP contribution is 2.07. The average Bonchev–Trinajstić information content (AvgIpc) is 2.90. The molecule has 0 radical (unpaired) electrons. The smallest absolute Gasteiger partial charge is 0.255 e. The van der Waals surface area contributed by atoms with Crippen LogP contribution in [0, 0.1) is 11.3 Å². The zero-order chi connectivity index (χ0) is 13.0. The van der Waals surface area contributed by atoms with Crippen molar-refractivity contribution in [2.75, 3.05) is 7.05 Å². The summed E-state index contributed by atoms with van der Waals surface area (Å²) in [6, 6.07) is 7.30. The van der Waals surface area contributed by atoms with Gasteiger partial charge in [-0.3, -0.25) is 9.78 Å². The van der Waals surface area contributed by atoms with E-state index in [1.807, 2.05) is 24.4 Å². The Kier molecular flexibility index (Phi) is 3.39. The highest BCUT2D eigenvalue weighted by Gasteiger charge is 2.13. The van der Waals surface area contributed by atoms with Crippen molar-refractivity contribution >= 4 is 5.91 Å². The lowest BCUT2D eigenvalue weighted by atomic mass is 10.2. The van der Waals surface area contributed by atoms with Crippen LogP contribution in [0.3, 0.4) is 0 Å². The molecule has 18 heavy (non-hydrogen) atoms. The first-order chi connectivity index (χ1) is 8.70. The molecule has 0 aromatic carbocycles. The lowest BCUT2D eigenvalue weighted by molar-refractivity contribution is 0.0783. The zero-order valence-corrected chi connectivity index (χ0v) is 9.92. The van der Waals surface area contributed by atoms with Crippen LogP contribution < -0.4 is 0 Å². The molecular weight excluding hydrogens is 228 g/mol. The van der Waals surface area contributed by atoms with E-state index in [9.17, 15) is 4.79 Å². The summed E-state index contributed by atoms with van der Waals surface area (Å²) >= 11 is 0. The fourth-order valence-electron chi connectivity index (χ4n) is 1.63. The van der Waals surface area contributed by atoms with E-state index in [0.29, 0.717) is 17.7 Å². The molecule has 5 nitrogen and oxygen atoms in total. The molecule has 1 amide bonds. The molecule has 0 unspecified atom stereocenters. The van der Waals surface area contributed by atoms with Crippen LogP contribution in [0.4, 0.5) is 0 Å². The summed E-state index contributed by atoms with van der Waals surface area (Å²) < 4.78 is 0. The molecule has 0 aliphatic rings. The number of pyridine rings is 1. The zero-order valence-electron chi connectivity index (χ0n) is 9.92. The number of hydrogen-bond acceptors (Lipinski definition) is 3. The van der Waals surface area contributed by atoms with Crippen LogP contribution in [-0.2, 0) is 6.54 Å². The molecule has 5 heteroatoms. The molecule has 2 aromatic rings. The second-order valence-corrected chi connectivity index (χ2v) is 3.93. The standard InChI is InChI=1S/C13H12N4O/c1-17(9-12-3-2-4-16-12)13(18)11-5-10(6-14)7-15-8-11/h2-5,7-8,16H,9H2,1H3. The first-order valence-corrected chi connectivity index (χ1v) is 5.43. The second kappa shape index (κ2) is 5.15. The Bertz CT molecular complexity index is 583. The lowest BCUT2D eigenvalue weighted by Gasteiger charge is -2.16. The van der Waals surface area contributed by atoms with Gasteiger partial charge in [0.25, 0.3) is 5.91 Å². The summed E-state index contributed by atoms with van der Waals surface area (Å²) in [6.07, 6.45) is 4.71. The van der Waals surface area contributed by atoms with E-state index >= 15 is 0 Å². The normalized spacial score (nSPS) is 9.78. The van der Waals surface area contributed by atoms with E-state index in [-0.39, 0.29) is 5.91 Å². The van der Waals surface area contributed by atoms with Gasteiger partial charge in [-0.2, -0.15) is 5.26 Å². The lowest BCUT2D eigenvalue weighted by Crippen LogP contribution is -2.26. The number of H-pyrrole nitrogens is 1. The summed E-state index contributed by atoms with van der Waals surface area (Å²) in [4.78, 5) is 20.6. The van der Waals surface area contributed by atoms with Crippen LogP contribution in [0.25, 0.3) is 0 Å². The number of amides is 1. The molecule has 90 valence electrons. The summed E-state index contributed by atoms with van der Waals surface area (Å²) in [5.41, 5.74) is 1.76. The van der Waals surface area contributed by atoms with Crippen molar-refractivity contribution in [1.29, 1.82) is 5.26 Å². The second-order valence-electron chi connectivity index (χ2n) is 3.93. The van der Waals surface area contributed by atoms with Gasteiger partial charge in [0.2, 0.25) is 0 Å². The molecule has 2 heterocycles. The highest BCUT2D eigenvalue weighted by atomic mass is 16.2. The SMILES string of the molecule is CN(Cc1ccc[nH]1)C(=O)c1cncc(C#N)c1. The van der Waals surface area contributed by atoms with Gasteiger partial charge >= 0.3 is 0 Å². The van der Waals surface area contributed by atoms with Gasteiger partial charge in [-0.05, 0) is 18.2 Å². The number of nitrogens with zero attached hydrogens (tertiary/aromatic N) is 3. The molecule has 2 rings (SSSR count). The summed E-state index contributed by atoms with van der Waals surface area (Å²) in [5.74, 6) is -0.158. The minimum atomic E-state index is -0.158. The van der Waals surface area contributed by atoms with Crippen LogP contribution >= 0.6 is 0 Å². The number of rotatable bonds is 3. The third-order valence-electron chi connectivity index (χ3n) is 2.53. The Labute approximate surface area is 105 Å². The van der Waals surface area contributed by atoms with Crippen molar-refractivity contribution < 1.29 is 4.79 Å². The van der Waals surface area contributed by atoms with Gasteiger partial charge in [-0.1, -0.05) is 0 Å². The van der Waals surface area contributed by atoms with Crippen LogP contribution in [0.2, 0.25) is 0 Å². The maximum absolute atomic E-state index is 12.1. The maximum atomic E-state index is 12.1. The Balaban J connectivity index is 2.13. The van der Waals surface area contributed by atoms with Gasteiger partial charge in [-0.15, -0.1) is 0 Å². The number of hydrogen-bond donors (Lipinski definition) is 1. The summed E-state index contributed by atoms with van der Waals surface area (Å²) in [6.45, 7) is 0.489. The third kappa shape index (κ3) is 2.55. The van der Waals surface area contributed by atoms with Crippen LogP contribution in [0.1, 0.15) is 21.6 Å². The Morgan fingerprint density at radius 2 is 2.39 bits per heavy atom. The number of carbonyl (C=O) groups excluding carboxylic acids is 1. The molecule has 0 aliphatic carbocycles. The molecule has 0 bridgehead atoms. The predicted molar refractivity (Wildman–Crippen MR) is 65.5 cm³/mol. The fraction of sp³-hybridized carbons (Fsp3) is 0.154. The Hall–Kier alpha value is -2.61. The largest absolute Gasteiger partial charge is 0.364 e. The van der Waals surface area contributed by atoms with Crippen LogP contribution in [0.5, 0.6) is 0 Å². The molecule has 1 N–H and O–H groups in total. The quantitative estimate of drug-likeness (QED) is 0.884. The molecule has 0 saturated heterocycles. The number of nitriles is 1. The van der Waals surface area contributed by atoms with Crippen molar-refractivity contribution in [3.05, 3.63) is 53.6 Å². The van der Waals surface area contributed by atoms with Crippen molar-refractivity contribution in [1.82, 2.24) is 14.9 Å². The van der Waals surface area contributed by atoms with E-state index in [2.05, 4.69) is 9.97 Å². The topological polar surface area (TPSA) is 72.8 Å². The van der Waals surface area contributed by atoms with Gasteiger partial charge in [0.15, 0.2) is 0 Å². The molecule has 2 aromatic heterocycles. The van der Waals surface area contributed by atoms with Crippen molar-refractivity contribution in [3.8, 4) is 6.07 Å². The number of aromatic nitrogens is 2.